The molecule has 22 heavy (non-hydrogen) atoms. The van der Waals surface area contributed by atoms with Crippen LogP contribution in [0.4, 0.5) is 4.39 Å². The van der Waals surface area contributed by atoms with Gasteiger partial charge in [-0.3, -0.25) is 5.10 Å². The molecule has 0 aliphatic heterocycles. The van der Waals surface area contributed by atoms with Gasteiger partial charge in [0.1, 0.15) is 5.82 Å². The molecule has 0 aliphatic carbocycles. The highest BCUT2D eigenvalue weighted by Gasteiger charge is 2.07. The fraction of sp³-hybridized carbons (Fsp3) is 0.167. The summed E-state index contributed by atoms with van der Waals surface area (Å²) in [6.45, 7) is 1.63. The minimum Gasteiger partial charge on any atom is -0.312 e. The normalized spacial score (nSPS) is 10.8. The number of aromatic nitrogens is 2. The van der Waals surface area contributed by atoms with Crippen LogP contribution in [-0.2, 0) is 13.0 Å². The van der Waals surface area contributed by atoms with Crippen LogP contribution in [0, 0.1) is 5.82 Å². The molecule has 0 unspecified atom stereocenters. The lowest BCUT2D eigenvalue weighted by Crippen LogP contribution is -2.16. The highest BCUT2D eigenvalue weighted by Crippen LogP contribution is 2.21. The molecule has 1 aromatic heterocycles. The van der Waals surface area contributed by atoms with Crippen molar-refractivity contribution < 1.29 is 4.39 Å². The monoisotopic (exact) mass is 295 g/mol. The molecule has 2 aromatic carbocycles. The lowest BCUT2D eigenvalue weighted by atomic mass is 10.1. The van der Waals surface area contributed by atoms with E-state index in [1.54, 1.807) is 12.1 Å². The van der Waals surface area contributed by atoms with Gasteiger partial charge in [0.2, 0.25) is 0 Å². The van der Waals surface area contributed by atoms with E-state index in [4.69, 9.17) is 0 Å². The summed E-state index contributed by atoms with van der Waals surface area (Å²) in [4.78, 5) is 0. The summed E-state index contributed by atoms with van der Waals surface area (Å²) < 4.78 is 13.0. The molecule has 2 N–H and O–H groups in total. The Labute approximate surface area is 129 Å². The van der Waals surface area contributed by atoms with Crippen LogP contribution in [0.5, 0.6) is 0 Å². The lowest BCUT2D eigenvalue weighted by molar-refractivity contribution is 0.628. The first-order chi connectivity index (χ1) is 10.8. The second kappa shape index (κ2) is 7.00. The minimum atomic E-state index is -0.231. The average Bonchev–Trinajstić information content (AvgIpc) is 3.02. The van der Waals surface area contributed by atoms with Gasteiger partial charge < -0.3 is 5.32 Å². The molecule has 3 aromatic rings. The Morgan fingerprint density at radius 2 is 1.77 bits per heavy atom. The van der Waals surface area contributed by atoms with E-state index in [1.807, 2.05) is 12.3 Å². The zero-order valence-corrected chi connectivity index (χ0v) is 12.2. The predicted molar refractivity (Wildman–Crippen MR) is 85.8 cm³/mol. The van der Waals surface area contributed by atoms with Crippen molar-refractivity contribution in [2.24, 2.45) is 0 Å². The number of nitrogens with zero attached hydrogens (tertiary/aromatic N) is 1. The summed E-state index contributed by atoms with van der Waals surface area (Å²) in [5.41, 5.74) is 4.28. The molecule has 0 amide bonds. The number of halogens is 1. The molecule has 3 rings (SSSR count). The van der Waals surface area contributed by atoms with Crippen LogP contribution < -0.4 is 5.32 Å². The third-order valence-corrected chi connectivity index (χ3v) is 3.60. The lowest BCUT2D eigenvalue weighted by Gasteiger charge is -2.06. The number of rotatable bonds is 6. The number of aromatic amines is 1. The van der Waals surface area contributed by atoms with Gasteiger partial charge in [0.15, 0.2) is 0 Å². The Morgan fingerprint density at radius 3 is 2.55 bits per heavy atom. The van der Waals surface area contributed by atoms with E-state index in [-0.39, 0.29) is 5.82 Å². The van der Waals surface area contributed by atoms with E-state index in [0.29, 0.717) is 0 Å². The Balaban J connectivity index is 1.57. The van der Waals surface area contributed by atoms with Crippen molar-refractivity contribution in [3.8, 4) is 11.3 Å². The Kier molecular flexibility index (Phi) is 4.61. The van der Waals surface area contributed by atoms with Crippen molar-refractivity contribution in [3.05, 3.63) is 77.7 Å². The van der Waals surface area contributed by atoms with E-state index >= 15 is 0 Å². The molecule has 0 atom stereocenters. The molecule has 4 heteroatoms. The largest absolute Gasteiger partial charge is 0.312 e. The van der Waals surface area contributed by atoms with Crippen LogP contribution in [0.15, 0.2) is 60.8 Å². The van der Waals surface area contributed by atoms with Gasteiger partial charge in [-0.1, -0.05) is 30.3 Å². The van der Waals surface area contributed by atoms with Crippen LogP contribution in [0.3, 0.4) is 0 Å². The van der Waals surface area contributed by atoms with Gasteiger partial charge in [0.05, 0.1) is 11.9 Å². The maximum Gasteiger partial charge on any atom is 0.123 e. The standard InChI is InChI=1S/C18H18FN3/c19-17-8-6-15(7-9-17)18-16(13-21-22-18)12-20-11-10-14-4-2-1-3-5-14/h1-9,13,20H,10-12H2,(H,21,22). The summed E-state index contributed by atoms with van der Waals surface area (Å²) in [5.74, 6) is -0.231. The average molecular weight is 295 g/mol. The molecule has 1 heterocycles. The first kappa shape index (κ1) is 14.5. The van der Waals surface area contributed by atoms with Gasteiger partial charge >= 0.3 is 0 Å². The predicted octanol–water partition coefficient (Wildman–Crippen LogP) is 3.55. The molecule has 0 bridgehead atoms. The molecular weight excluding hydrogens is 277 g/mol. The van der Waals surface area contributed by atoms with E-state index in [0.717, 1.165) is 36.3 Å². The van der Waals surface area contributed by atoms with Crippen LogP contribution >= 0.6 is 0 Å². The van der Waals surface area contributed by atoms with Crippen molar-refractivity contribution >= 4 is 0 Å². The van der Waals surface area contributed by atoms with Gasteiger partial charge in [-0.2, -0.15) is 5.10 Å². The van der Waals surface area contributed by atoms with Crippen molar-refractivity contribution in [2.75, 3.05) is 6.54 Å². The van der Waals surface area contributed by atoms with Gasteiger partial charge in [-0.25, -0.2) is 4.39 Å². The summed E-state index contributed by atoms with van der Waals surface area (Å²) in [6.07, 6.45) is 2.80. The molecule has 3 nitrogen and oxygen atoms in total. The van der Waals surface area contributed by atoms with Crippen LogP contribution in [-0.4, -0.2) is 16.7 Å². The van der Waals surface area contributed by atoms with Gasteiger partial charge in [0, 0.05) is 17.7 Å². The SMILES string of the molecule is Fc1ccc(-c2[nH]ncc2CNCCc2ccccc2)cc1. The van der Waals surface area contributed by atoms with Gasteiger partial charge in [0.25, 0.3) is 0 Å². The number of benzene rings is 2. The number of hydrogen-bond donors (Lipinski definition) is 2. The van der Waals surface area contributed by atoms with E-state index in [1.165, 1.54) is 17.7 Å². The topological polar surface area (TPSA) is 40.7 Å². The van der Waals surface area contributed by atoms with Crippen LogP contribution in [0.2, 0.25) is 0 Å². The molecule has 0 spiro atoms. The van der Waals surface area contributed by atoms with Crippen molar-refractivity contribution in [1.29, 1.82) is 0 Å². The summed E-state index contributed by atoms with van der Waals surface area (Å²) in [6, 6.07) is 16.8. The van der Waals surface area contributed by atoms with Crippen molar-refractivity contribution in [1.82, 2.24) is 15.5 Å². The van der Waals surface area contributed by atoms with Crippen LogP contribution in [0.1, 0.15) is 11.1 Å². The van der Waals surface area contributed by atoms with Gasteiger partial charge in [-0.05, 0) is 42.8 Å². The quantitative estimate of drug-likeness (QED) is 0.683. The van der Waals surface area contributed by atoms with Crippen molar-refractivity contribution in [3.63, 3.8) is 0 Å². The second-order valence-electron chi connectivity index (χ2n) is 5.19. The highest BCUT2D eigenvalue weighted by atomic mass is 19.1. The fourth-order valence-electron chi connectivity index (χ4n) is 2.41. The molecule has 0 saturated heterocycles. The summed E-state index contributed by atoms with van der Waals surface area (Å²) >= 11 is 0. The first-order valence-corrected chi connectivity index (χ1v) is 7.36. The Hall–Kier alpha value is -2.46. The Bertz CT molecular complexity index is 705. The molecule has 112 valence electrons. The third-order valence-electron chi connectivity index (χ3n) is 3.60. The first-order valence-electron chi connectivity index (χ1n) is 7.36. The maximum atomic E-state index is 13.0. The maximum absolute atomic E-state index is 13.0. The highest BCUT2D eigenvalue weighted by molar-refractivity contribution is 5.62. The minimum absolute atomic E-state index is 0.231. The van der Waals surface area contributed by atoms with Gasteiger partial charge in [-0.15, -0.1) is 0 Å². The summed E-state index contributed by atoms with van der Waals surface area (Å²) in [5, 5.41) is 10.5. The number of hydrogen-bond acceptors (Lipinski definition) is 2. The number of H-pyrrole nitrogens is 1. The second-order valence-corrected chi connectivity index (χ2v) is 5.19. The smallest absolute Gasteiger partial charge is 0.123 e. The molecule has 0 aliphatic rings. The Morgan fingerprint density at radius 1 is 1.00 bits per heavy atom. The third kappa shape index (κ3) is 3.59. The van der Waals surface area contributed by atoms with Crippen molar-refractivity contribution in [2.45, 2.75) is 13.0 Å². The van der Waals surface area contributed by atoms with E-state index < -0.39 is 0 Å². The molecule has 0 saturated carbocycles. The fourth-order valence-corrected chi connectivity index (χ4v) is 2.41. The zero-order valence-electron chi connectivity index (χ0n) is 12.2. The number of nitrogens with one attached hydrogen (secondary N) is 2. The zero-order chi connectivity index (χ0) is 15.2. The molecule has 0 radical (unpaired) electrons. The van der Waals surface area contributed by atoms with Crippen LogP contribution in [0.25, 0.3) is 11.3 Å². The molecular formula is C18H18FN3. The molecule has 0 fully saturated rings. The van der Waals surface area contributed by atoms with E-state index in [9.17, 15) is 4.39 Å². The summed E-state index contributed by atoms with van der Waals surface area (Å²) in [7, 11) is 0. The van der Waals surface area contributed by atoms with E-state index in [2.05, 4.69) is 39.8 Å².